The molecule has 112 valence electrons. The van der Waals surface area contributed by atoms with E-state index in [0.717, 1.165) is 11.1 Å². The monoisotopic (exact) mass is 295 g/mol. The van der Waals surface area contributed by atoms with Crippen LogP contribution in [0.25, 0.3) is 22.0 Å². The zero-order chi connectivity index (χ0) is 15.7. The largest absolute Gasteiger partial charge is 0.493 e. The number of para-hydroxylation sites is 1. The topological polar surface area (TPSA) is 40.5 Å². The van der Waals surface area contributed by atoms with Gasteiger partial charge in [-0.15, -0.1) is 0 Å². The Bertz CT molecular complexity index is 896. The Hall–Kier alpha value is -2.75. The Kier molecular flexibility index (Phi) is 3.59. The second-order valence-electron chi connectivity index (χ2n) is 5.07. The lowest BCUT2D eigenvalue weighted by Crippen LogP contribution is -2.10. The molecule has 2 aromatic carbocycles. The first-order valence-electron chi connectivity index (χ1n) is 6.96. The third kappa shape index (κ3) is 2.22. The van der Waals surface area contributed by atoms with Crippen molar-refractivity contribution in [2.75, 3.05) is 14.2 Å². The van der Waals surface area contributed by atoms with Gasteiger partial charge in [-0.25, -0.2) is 0 Å². The van der Waals surface area contributed by atoms with Gasteiger partial charge in [0.15, 0.2) is 16.9 Å². The van der Waals surface area contributed by atoms with E-state index in [1.165, 1.54) is 0 Å². The van der Waals surface area contributed by atoms with Gasteiger partial charge < -0.3 is 14.0 Å². The fraction of sp³-hybridized carbons (Fsp3) is 0.167. The van der Waals surface area contributed by atoms with Crippen molar-refractivity contribution in [3.63, 3.8) is 0 Å². The number of nitrogens with zero attached hydrogens (tertiary/aromatic N) is 1. The maximum absolute atomic E-state index is 12.7. The second kappa shape index (κ2) is 5.56. The highest BCUT2D eigenvalue weighted by molar-refractivity contribution is 5.84. The number of methoxy groups -OCH3 is 2. The van der Waals surface area contributed by atoms with Crippen molar-refractivity contribution in [1.29, 1.82) is 0 Å². The average Bonchev–Trinajstić information content (AvgIpc) is 2.57. The molecule has 0 N–H and O–H groups in total. The molecule has 1 heterocycles. The number of ether oxygens (including phenoxy) is 2. The van der Waals surface area contributed by atoms with Crippen LogP contribution in [0.15, 0.2) is 53.5 Å². The van der Waals surface area contributed by atoms with Gasteiger partial charge in [-0.1, -0.05) is 18.2 Å². The quantitative estimate of drug-likeness (QED) is 0.745. The molecule has 0 saturated carbocycles. The minimum Gasteiger partial charge on any atom is -0.493 e. The number of hydrogen-bond donors (Lipinski definition) is 0. The summed E-state index contributed by atoms with van der Waals surface area (Å²) in [6.07, 6.45) is 1.85. The molecule has 0 bridgehead atoms. The summed E-state index contributed by atoms with van der Waals surface area (Å²) in [6, 6.07) is 13.1. The van der Waals surface area contributed by atoms with Crippen molar-refractivity contribution >= 4 is 10.9 Å². The Morgan fingerprint density at radius 2 is 1.68 bits per heavy atom. The SMILES string of the molecule is COc1ccc(-c2cn(C)c3ccccc3c2=O)cc1OC. The molecule has 1 aromatic heterocycles. The van der Waals surface area contributed by atoms with Gasteiger partial charge in [-0.2, -0.15) is 0 Å². The summed E-state index contributed by atoms with van der Waals surface area (Å²) in [4.78, 5) is 12.7. The lowest BCUT2D eigenvalue weighted by Gasteiger charge is -2.12. The molecule has 0 unspecified atom stereocenters. The van der Waals surface area contributed by atoms with E-state index >= 15 is 0 Å². The Morgan fingerprint density at radius 1 is 0.955 bits per heavy atom. The lowest BCUT2D eigenvalue weighted by molar-refractivity contribution is 0.355. The van der Waals surface area contributed by atoms with E-state index in [4.69, 9.17) is 9.47 Å². The van der Waals surface area contributed by atoms with E-state index in [9.17, 15) is 4.79 Å². The molecule has 4 heteroatoms. The highest BCUT2D eigenvalue weighted by atomic mass is 16.5. The summed E-state index contributed by atoms with van der Waals surface area (Å²) in [5.41, 5.74) is 2.38. The van der Waals surface area contributed by atoms with Gasteiger partial charge in [-0.05, 0) is 29.8 Å². The third-order valence-electron chi connectivity index (χ3n) is 3.79. The van der Waals surface area contributed by atoms with Crippen LogP contribution >= 0.6 is 0 Å². The second-order valence-corrected chi connectivity index (χ2v) is 5.07. The number of aromatic nitrogens is 1. The molecule has 0 radical (unpaired) electrons. The molecule has 4 nitrogen and oxygen atoms in total. The number of benzene rings is 2. The van der Waals surface area contributed by atoms with Crippen LogP contribution in [0.4, 0.5) is 0 Å². The summed E-state index contributed by atoms with van der Waals surface area (Å²) in [6.45, 7) is 0. The molecule has 22 heavy (non-hydrogen) atoms. The van der Waals surface area contributed by atoms with Crippen molar-refractivity contribution in [2.45, 2.75) is 0 Å². The average molecular weight is 295 g/mol. The Labute approximate surface area is 128 Å². The van der Waals surface area contributed by atoms with Crippen LogP contribution < -0.4 is 14.9 Å². The van der Waals surface area contributed by atoms with Gasteiger partial charge >= 0.3 is 0 Å². The minimum atomic E-state index is 0.0147. The van der Waals surface area contributed by atoms with Gasteiger partial charge in [0.2, 0.25) is 0 Å². The van der Waals surface area contributed by atoms with Crippen molar-refractivity contribution in [2.24, 2.45) is 7.05 Å². The van der Waals surface area contributed by atoms with Gasteiger partial charge in [0.05, 0.1) is 19.7 Å². The first-order chi connectivity index (χ1) is 10.7. The van der Waals surface area contributed by atoms with Crippen molar-refractivity contribution in [3.05, 3.63) is 58.9 Å². The van der Waals surface area contributed by atoms with Gasteiger partial charge in [0.25, 0.3) is 0 Å². The zero-order valence-electron chi connectivity index (χ0n) is 12.8. The van der Waals surface area contributed by atoms with Crippen molar-refractivity contribution in [1.82, 2.24) is 4.57 Å². The summed E-state index contributed by atoms with van der Waals surface area (Å²) in [5, 5.41) is 0.706. The maximum Gasteiger partial charge on any atom is 0.197 e. The van der Waals surface area contributed by atoms with Gasteiger partial charge in [-0.3, -0.25) is 4.79 Å². The lowest BCUT2D eigenvalue weighted by atomic mass is 10.0. The number of aryl methyl sites for hydroxylation is 1. The van der Waals surface area contributed by atoms with Crippen LogP contribution in [0.3, 0.4) is 0 Å². The smallest absolute Gasteiger partial charge is 0.197 e. The van der Waals surface area contributed by atoms with Crippen LogP contribution in [0.5, 0.6) is 11.5 Å². The van der Waals surface area contributed by atoms with Crippen LogP contribution in [0.2, 0.25) is 0 Å². The number of hydrogen-bond acceptors (Lipinski definition) is 3. The molecular formula is C18H17NO3. The normalized spacial score (nSPS) is 10.7. The summed E-state index contributed by atoms with van der Waals surface area (Å²) in [7, 11) is 5.11. The summed E-state index contributed by atoms with van der Waals surface area (Å²) < 4.78 is 12.5. The molecule has 3 aromatic rings. The molecule has 3 rings (SSSR count). The molecule has 0 aliphatic heterocycles. The maximum atomic E-state index is 12.7. The van der Waals surface area contributed by atoms with E-state index in [-0.39, 0.29) is 5.43 Å². The highest BCUT2D eigenvalue weighted by Crippen LogP contribution is 2.31. The van der Waals surface area contributed by atoms with E-state index < -0.39 is 0 Å². The van der Waals surface area contributed by atoms with E-state index in [1.54, 1.807) is 14.2 Å². The summed E-state index contributed by atoms with van der Waals surface area (Å²) in [5.74, 6) is 1.25. The molecule has 0 saturated heterocycles. The Balaban J connectivity index is 2.27. The fourth-order valence-electron chi connectivity index (χ4n) is 2.65. The van der Waals surface area contributed by atoms with E-state index in [1.807, 2.05) is 60.3 Å². The molecular weight excluding hydrogens is 278 g/mol. The minimum absolute atomic E-state index is 0.0147. The number of pyridine rings is 1. The highest BCUT2D eigenvalue weighted by Gasteiger charge is 2.12. The predicted octanol–water partition coefficient (Wildman–Crippen LogP) is 3.22. The molecule has 0 spiro atoms. The van der Waals surface area contributed by atoms with E-state index in [2.05, 4.69) is 0 Å². The standard InChI is InChI=1S/C18H17NO3/c1-19-11-14(18(20)13-6-4-5-7-15(13)19)12-8-9-16(21-2)17(10-12)22-3/h4-11H,1-3H3. The van der Waals surface area contributed by atoms with Crippen LogP contribution in [0, 0.1) is 0 Å². The van der Waals surface area contributed by atoms with E-state index in [0.29, 0.717) is 22.4 Å². The molecule has 0 amide bonds. The van der Waals surface area contributed by atoms with Crippen LogP contribution in [-0.4, -0.2) is 18.8 Å². The number of fused-ring (bicyclic) bond motifs is 1. The van der Waals surface area contributed by atoms with Crippen LogP contribution in [0.1, 0.15) is 0 Å². The molecule has 0 aliphatic rings. The van der Waals surface area contributed by atoms with Gasteiger partial charge in [0, 0.05) is 24.2 Å². The molecule has 0 fully saturated rings. The van der Waals surface area contributed by atoms with Crippen molar-refractivity contribution in [3.8, 4) is 22.6 Å². The third-order valence-corrected chi connectivity index (χ3v) is 3.79. The fourth-order valence-corrected chi connectivity index (χ4v) is 2.65. The molecule has 0 aliphatic carbocycles. The molecule has 0 atom stereocenters. The number of rotatable bonds is 3. The predicted molar refractivity (Wildman–Crippen MR) is 87.7 cm³/mol. The van der Waals surface area contributed by atoms with Crippen molar-refractivity contribution < 1.29 is 9.47 Å². The zero-order valence-corrected chi connectivity index (χ0v) is 12.8. The van der Waals surface area contributed by atoms with Gasteiger partial charge in [0.1, 0.15) is 0 Å². The van der Waals surface area contributed by atoms with Crippen LogP contribution in [-0.2, 0) is 7.05 Å². The first kappa shape index (κ1) is 14.2. The Morgan fingerprint density at radius 3 is 2.41 bits per heavy atom. The summed E-state index contributed by atoms with van der Waals surface area (Å²) >= 11 is 0. The first-order valence-corrected chi connectivity index (χ1v) is 6.96.